The van der Waals surface area contributed by atoms with Crippen LogP contribution >= 0.6 is 55.8 Å². The number of hydrogen-bond acceptors (Lipinski definition) is 4. The van der Waals surface area contributed by atoms with Crippen LogP contribution in [0.2, 0.25) is 0 Å². The van der Waals surface area contributed by atoms with Gasteiger partial charge < -0.3 is 10.0 Å². The van der Waals surface area contributed by atoms with Gasteiger partial charge in [-0.2, -0.15) is 0 Å². The Bertz CT molecular complexity index is 519. The Morgan fingerprint density at radius 1 is 1.35 bits per heavy atom. The normalized spacial score (nSPS) is 10.4. The van der Waals surface area contributed by atoms with E-state index in [0.29, 0.717) is 14.4 Å². The molecule has 20 heavy (non-hydrogen) atoms. The second-order valence-corrected chi connectivity index (χ2v) is 7.31. The van der Waals surface area contributed by atoms with E-state index < -0.39 is 0 Å². The Morgan fingerprint density at radius 3 is 2.50 bits per heavy atom. The summed E-state index contributed by atoms with van der Waals surface area (Å²) < 4.78 is 1.94. The quantitative estimate of drug-likeness (QED) is 0.540. The van der Waals surface area contributed by atoms with Gasteiger partial charge in [0, 0.05) is 17.6 Å². The lowest BCUT2D eigenvalue weighted by Gasteiger charge is -2.20. The van der Waals surface area contributed by atoms with Gasteiger partial charge in [-0.1, -0.05) is 39.9 Å². The van der Waals surface area contributed by atoms with Crippen LogP contribution in [0.25, 0.3) is 0 Å². The van der Waals surface area contributed by atoms with Gasteiger partial charge in [0.05, 0.1) is 15.8 Å². The van der Waals surface area contributed by atoms with Gasteiger partial charge in [-0.05, 0) is 41.9 Å². The van der Waals surface area contributed by atoms with E-state index >= 15 is 0 Å². The van der Waals surface area contributed by atoms with E-state index in [1.165, 1.54) is 11.8 Å². The molecule has 0 amide bonds. The number of rotatable bonds is 5. The molecule has 3 nitrogen and oxygen atoms in total. The maximum absolute atomic E-state index is 12.2. The lowest BCUT2D eigenvalue weighted by Crippen LogP contribution is -2.27. The van der Waals surface area contributed by atoms with Gasteiger partial charge in [-0.3, -0.25) is 4.79 Å². The Hall–Kier alpha value is -0.110. The van der Waals surface area contributed by atoms with E-state index in [0.717, 1.165) is 17.6 Å². The van der Waals surface area contributed by atoms with E-state index in [9.17, 15) is 9.90 Å². The van der Waals surface area contributed by atoms with Crippen molar-refractivity contribution in [2.45, 2.75) is 13.8 Å². The van der Waals surface area contributed by atoms with Crippen LogP contribution < -0.4 is 0 Å². The molecule has 0 aliphatic heterocycles. The van der Waals surface area contributed by atoms with Crippen LogP contribution in [0.3, 0.4) is 0 Å². The number of carbonyl (C=O) groups is 1. The monoisotopic (exact) mass is 439 g/mol. The van der Waals surface area contributed by atoms with Crippen LogP contribution in [-0.4, -0.2) is 39.0 Å². The van der Waals surface area contributed by atoms with Crippen molar-refractivity contribution in [3.8, 4) is 5.75 Å². The SMILES string of the molecule is CCN(CC)C(=S)SCC(=O)c1cc(Br)cc(Br)c1O. The molecule has 7 heteroatoms. The summed E-state index contributed by atoms with van der Waals surface area (Å²) in [6, 6.07) is 3.31. The number of benzene rings is 1. The molecule has 0 saturated carbocycles. The molecule has 0 radical (unpaired) electrons. The Balaban J connectivity index is 2.75. The van der Waals surface area contributed by atoms with Crippen molar-refractivity contribution in [1.82, 2.24) is 4.90 Å². The number of thiocarbonyl (C=S) groups is 1. The molecule has 1 N–H and O–H groups in total. The van der Waals surface area contributed by atoms with Crippen LogP contribution in [0.5, 0.6) is 5.75 Å². The van der Waals surface area contributed by atoms with Crippen LogP contribution in [0, 0.1) is 0 Å². The van der Waals surface area contributed by atoms with E-state index in [2.05, 4.69) is 31.9 Å². The Morgan fingerprint density at radius 2 is 1.95 bits per heavy atom. The minimum atomic E-state index is -0.149. The molecular formula is C13H15Br2NO2S2. The van der Waals surface area contributed by atoms with Gasteiger partial charge in [0.2, 0.25) is 0 Å². The maximum atomic E-state index is 12.2. The highest BCUT2D eigenvalue weighted by atomic mass is 79.9. The van der Waals surface area contributed by atoms with Crippen molar-refractivity contribution in [1.29, 1.82) is 0 Å². The molecule has 0 aromatic heterocycles. The third-order valence-electron chi connectivity index (χ3n) is 2.68. The highest BCUT2D eigenvalue weighted by Crippen LogP contribution is 2.32. The molecule has 1 rings (SSSR count). The lowest BCUT2D eigenvalue weighted by molar-refractivity contribution is 0.102. The minimum absolute atomic E-state index is 0.0347. The predicted molar refractivity (Wildman–Crippen MR) is 95.8 cm³/mol. The summed E-state index contributed by atoms with van der Waals surface area (Å²) in [5, 5.41) is 9.92. The van der Waals surface area contributed by atoms with Crippen molar-refractivity contribution < 1.29 is 9.90 Å². The zero-order valence-electron chi connectivity index (χ0n) is 11.2. The van der Waals surface area contributed by atoms with Crippen molar-refractivity contribution in [3.63, 3.8) is 0 Å². The first-order valence-corrected chi connectivity index (χ1v) is 9.01. The number of Topliss-reactive ketones (excluding diaryl/α,β-unsaturated/α-hetero) is 1. The number of phenols is 1. The van der Waals surface area contributed by atoms with Gasteiger partial charge in [0.15, 0.2) is 5.78 Å². The van der Waals surface area contributed by atoms with Gasteiger partial charge >= 0.3 is 0 Å². The summed E-state index contributed by atoms with van der Waals surface area (Å²) in [6.07, 6.45) is 0. The smallest absolute Gasteiger partial charge is 0.176 e. The van der Waals surface area contributed by atoms with Gasteiger partial charge in [-0.15, -0.1) is 0 Å². The van der Waals surface area contributed by atoms with Gasteiger partial charge in [0.1, 0.15) is 10.1 Å². The Labute approximate surface area is 145 Å². The number of thioether (sulfide) groups is 1. The van der Waals surface area contributed by atoms with E-state index in [-0.39, 0.29) is 17.3 Å². The first kappa shape index (κ1) is 17.9. The van der Waals surface area contributed by atoms with Crippen molar-refractivity contribution in [2.24, 2.45) is 0 Å². The number of hydrogen-bond donors (Lipinski definition) is 1. The second-order valence-electron chi connectivity index (χ2n) is 3.93. The van der Waals surface area contributed by atoms with Crippen molar-refractivity contribution >= 4 is 65.9 Å². The molecule has 0 unspecified atom stereocenters. The molecule has 1 aromatic rings. The number of halogens is 2. The Kier molecular flexibility index (Phi) is 7.50. The van der Waals surface area contributed by atoms with Crippen LogP contribution in [0.4, 0.5) is 0 Å². The number of aromatic hydroxyl groups is 1. The number of nitrogens with zero attached hydrogens (tertiary/aromatic N) is 1. The minimum Gasteiger partial charge on any atom is -0.506 e. The fraction of sp³-hybridized carbons (Fsp3) is 0.385. The molecule has 0 atom stereocenters. The summed E-state index contributed by atoms with van der Waals surface area (Å²) in [4.78, 5) is 14.2. The zero-order chi connectivity index (χ0) is 15.3. The molecule has 1 aromatic carbocycles. The van der Waals surface area contributed by atoms with Crippen LogP contribution in [-0.2, 0) is 0 Å². The van der Waals surface area contributed by atoms with Crippen molar-refractivity contribution in [2.75, 3.05) is 18.8 Å². The highest BCUT2D eigenvalue weighted by Gasteiger charge is 2.16. The van der Waals surface area contributed by atoms with Gasteiger partial charge in [0.25, 0.3) is 0 Å². The summed E-state index contributed by atoms with van der Waals surface area (Å²) in [5.41, 5.74) is 0.293. The fourth-order valence-corrected chi connectivity index (χ4v) is 4.07. The zero-order valence-corrected chi connectivity index (χ0v) is 16.0. The first-order valence-electron chi connectivity index (χ1n) is 6.03. The third kappa shape index (κ3) is 4.72. The molecule has 0 fully saturated rings. The fourth-order valence-electron chi connectivity index (χ4n) is 1.56. The number of carbonyl (C=O) groups excluding carboxylic acids is 1. The predicted octanol–water partition coefficient (Wildman–Crippen LogP) is 4.46. The lowest BCUT2D eigenvalue weighted by atomic mass is 10.1. The molecular weight excluding hydrogens is 426 g/mol. The van der Waals surface area contributed by atoms with E-state index in [1.54, 1.807) is 12.1 Å². The molecule has 0 aliphatic carbocycles. The molecule has 0 saturated heterocycles. The molecule has 0 heterocycles. The van der Waals surface area contributed by atoms with Crippen molar-refractivity contribution in [3.05, 3.63) is 26.6 Å². The third-order valence-corrected chi connectivity index (χ3v) is 5.26. The average Bonchev–Trinajstić information content (AvgIpc) is 2.41. The largest absolute Gasteiger partial charge is 0.506 e. The number of ketones is 1. The maximum Gasteiger partial charge on any atom is 0.176 e. The second kappa shape index (κ2) is 8.36. The summed E-state index contributed by atoms with van der Waals surface area (Å²) >= 11 is 13.1. The molecule has 0 spiro atoms. The summed E-state index contributed by atoms with van der Waals surface area (Å²) in [5.74, 6) is 0.0303. The molecule has 110 valence electrons. The van der Waals surface area contributed by atoms with Gasteiger partial charge in [-0.25, -0.2) is 0 Å². The summed E-state index contributed by atoms with van der Waals surface area (Å²) in [6.45, 7) is 5.69. The van der Waals surface area contributed by atoms with E-state index in [4.69, 9.17) is 12.2 Å². The highest BCUT2D eigenvalue weighted by molar-refractivity contribution is 9.11. The molecule has 0 aliphatic rings. The standard InChI is InChI=1S/C13H15Br2NO2S2/c1-3-16(4-2)13(19)20-7-11(17)9-5-8(14)6-10(15)12(9)18/h5-6,18H,3-4,7H2,1-2H3. The number of phenolic OH excluding ortho intramolecular Hbond substituents is 1. The average molecular weight is 441 g/mol. The summed E-state index contributed by atoms with van der Waals surface area (Å²) in [7, 11) is 0. The van der Waals surface area contributed by atoms with Crippen LogP contribution in [0.1, 0.15) is 24.2 Å². The molecule has 0 bridgehead atoms. The topological polar surface area (TPSA) is 40.5 Å². The first-order chi connectivity index (χ1) is 9.40. The van der Waals surface area contributed by atoms with E-state index in [1.807, 2.05) is 18.7 Å². The van der Waals surface area contributed by atoms with Crippen LogP contribution in [0.15, 0.2) is 21.1 Å².